The van der Waals surface area contributed by atoms with Crippen molar-refractivity contribution in [2.24, 2.45) is 11.7 Å². The number of hydrogen-bond donors (Lipinski definition) is 1. The number of ether oxygens (including phenoxy) is 1. The van der Waals surface area contributed by atoms with Crippen molar-refractivity contribution in [2.75, 3.05) is 6.54 Å². The lowest BCUT2D eigenvalue weighted by Crippen LogP contribution is -2.53. The molecule has 5 nitrogen and oxygen atoms in total. The van der Waals surface area contributed by atoms with Gasteiger partial charge in [-0.1, -0.05) is 6.92 Å². The average Bonchev–Trinajstić information content (AvgIpc) is 2.14. The van der Waals surface area contributed by atoms with Gasteiger partial charge in [-0.05, 0) is 39.5 Å². The van der Waals surface area contributed by atoms with Crippen LogP contribution in [0.3, 0.4) is 0 Å². The van der Waals surface area contributed by atoms with Gasteiger partial charge in [0.1, 0.15) is 11.6 Å². The number of carbonyl (C=O) groups excluding carboxylic acids is 2. The molecule has 98 valence electrons. The Bertz CT molecular complexity index is 309. The minimum atomic E-state index is -0.553. The van der Waals surface area contributed by atoms with Gasteiger partial charge in [0, 0.05) is 6.54 Å². The van der Waals surface area contributed by atoms with Gasteiger partial charge in [-0.15, -0.1) is 0 Å². The zero-order valence-electron chi connectivity index (χ0n) is 11.0. The summed E-state index contributed by atoms with van der Waals surface area (Å²) >= 11 is 0. The van der Waals surface area contributed by atoms with Crippen molar-refractivity contribution in [1.82, 2.24) is 4.90 Å². The summed E-state index contributed by atoms with van der Waals surface area (Å²) < 4.78 is 5.27. The fourth-order valence-corrected chi connectivity index (χ4v) is 1.95. The molecule has 0 aliphatic carbocycles. The zero-order valence-corrected chi connectivity index (χ0v) is 11.0. The number of carbonyl (C=O) groups is 2. The number of hydrogen-bond acceptors (Lipinski definition) is 3. The summed E-state index contributed by atoms with van der Waals surface area (Å²) in [6, 6.07) is -0.534. The van der Waals surface area contributed by atoms with E-state index in [0.717, 1.165) is 6.42 Å². The number of rotatable bonds is 1. The summed E-state index contributed by atoms with van der Waals surface area (Å²) in [5.41, 5.74) is 4.78. The SMILES string of the molecule is CC1CCN(C(=O)OC(C)(C)C)C(C(N)=O)C1. The van der Waals surface area contributed by atoms with E-state index in [1.165, 1.54) is 4.90 Å². The summed E-state index contributed by atoms with van der Waals surface area (Å²) in [6.45, 7) is 8.00. The van der Waals surface area contributed by atoms with Crippen LogP contribution in [0, 0.1) is 5.92 Å². The molecule has 2 N–H and O–H groups in total. The quantitative estimate of drug-likeness (QED) is 0.757. The molecule has 0 saturated carbocycles. The molecule has 17 heavy (non-hydrogen) atoms. The van der Waals surface area contributed by atoms with Gasteiger partial charge < -0.3 is 10.5 Å². The molecule has 0 aromatic carbocycles. The summed E-state index contributed by atoms with van der Waals surface area (Å²) in [7, 11) is 0. The zero-order chi connectivity index (χ0) is 13.2. The third kappa shape index (κ3) is 3.91. The minimum absolute atomic E-state index is 0.409. The van der Waals surface area contributed by atoms with Crippen molar-refractivity contribution in [1.29, 1.82) is 0 Å². The Balaban J connectivity index is 2.73. The van der Waals surface area contributed by atoms with Crippen molar-refractivity contribution in [2.45, 2.75) is 52.2 Å². The Kier molecular flexibility index (Phi) is 4.01. The standard InChI is InChI=1S/C12H22N2O3/c1-8-5-6-14(9(7-8)10(13)15)11(16)17-12(2,3)4/h8-9H,5-7H2,1-4H3,(H2,13,15). The molecule has 0 radical (unpaired) electrons. The van der Waals surface area contributed by atoms with E-state index in [1.54, 1.807) is 20.8 Å². The van der Waals surface area contributed by atoms with E-state index in [9.17, 15) is 9.59 Å². The number of piperidine rings is 1. The molecular weight excluding hydrogens is 220 g/mol. The molecule has 5 heteroatoms. The van der Waals surface area contributed by atoms with Gasteiger partial charge in [0.15, 0.2) is 0 Å². The van der Waals surface area contributed by atoms with E-state index in [0.29, 0.717) is 18.9 Å². The molecule has 2 amide bonds. The Labute approximate surface area is 102 Å². The molecule has 0 aromatic rings. The van der Waals surface area contributed by atoms with E-state index >= 15 is 0 Å². The summed E-state index contributed by atoms with van der Waals surface area (Å²) in [5, 5.41) is 0. The molecule has 0 aromatic heterocycles. The van der Waals surface area contributed by atoms with Gasteiger partial charge in [-0.3, -0.25) is 9.69 Å². The fraction of sp³-hybridized carbons (Fsp3) is 0.833. The third-order valence-electron chi connectivity index (χ3n) is 2.82. The lowest BCUT2D eigenvalue weighted by atomic mass is 9.92. The first-order valence-electron chi connectivity index (χ1n) is 5.99. The first kappa shape index (κ1) is 13.8. The summed E-state index contributed by atoms with van der Waals surface area (Å²) in [4.78, 5) is 24.7. The summed E-state index contributed by atoms with van der Waals surface area (Å²) in [5.74, 6) is -0.0476. The van der Waals surface area contributed by atoms with Crippen molar-refractivity contribution < 1.29 is 14.3 Å². The number of nitrogens with two attached hydrogens (primary N) is 1. The topological polar surface area (TPSA) is 72.6 Å². The Morgan fingerprint density at radius 1 is 1.35 bits per heavy atom. The maximum atomic E-state index is 11.9. The smallest absolute Gasteiger partial charge is 0.410 e. The van der Waals surface area contributed by atoms with Gasteiger partial charge in [-0.25, -0.2) is 4.79 Å². The highest BCUT2D eigenvalue weighted by atomic mass is 16.6. The normalized spacial score (nSPS) is 25.5. The van der Waals surface area contributed by atoms with Crippen LogP contribution in [0.5, 0.6) is 0 Å². The Morgan fingerprint density at radius 3 is 2.41 bits per heavy atom. The predicted octanol–water partition coefficient (Wildman–Crippen LogP) is 1.51. The maximum Gasteiger partial charge on any atom is 0.410 e. The van der Waals surface area contributed by atoms with Crippen LogP contribution >= 0.6 is 0 Å². The van der Waals surface area contributed by atoms with Crippen LogP contribution in [-0.4, -0.2) is 35.1 Å². The van der Waals surface area contributed by atoms with E-state index < -0.39 is 23.6 Å². The van der Waals surface area contributed by atoms with Crippen LogP contribution in [0.25, 0.3) is 0 Å². The second-order valence-corrected chi connectivity index (χ2v) is 5.72. The van der Waals surface area contributed by atoms with Crippen molar-refractivity contribution >= 4 is 12.0 Å². The van der Waals surface area contributed by atoms with Crippen LogP contribution < -0.4 is 5.73 Å². The second kappa shape index (κ2) is 4.94. The van der Waals surface area contributed by atoms with E-state index in [-0.39, 0.29) is 0 Å². The highest BCUT2D eigenvalue weighted by molar-refractivity contribution is 5.84. The van der Waals surface area contributed by atoms with Gasteiger partial charge in [0.2, 0.25) is 5.91 Å². The second-order valence-electron chi connectivity index (χ2n) is 5.72. The highest BCUT2D eigenvalue weighted by Gasteiger charge is 2.35. The lowest BCUT2D eigenvalue weighted by molar-refractivity contribution is -0.125. The maximum absolute atomic E-state index is 11.9. The lowest BCUT2D eigenvalue weighted by Gasteiger charge is -2.37. The fourth-order valence-electron chi connectivity index (χ4n) is 1.95. The van der Waals surface area contributed by atoms with E-state index in [2.05, 4.69) is 6.92 Å². The molecule has 1 aliphatic heterocycles. The number of amides is 2. The Morgan fingerprint density at radius 2 is 1.94 bits per heavy atom. The first-order chi connectivity index (χ1) is 7.70. The molecule has 1 fully saturated rings. The average molecular weight is 242 g/mol. The molecular formula is C12H22N2O3. The van der Waals surface area contributed by atoms with Gasteiger partial charge in [0.05, 0.1) is 0 Å². The van der Waals surface area contributed by atoms with Crippen LogP contribution in [0.1, 0.15) is 40.5 Å². The van der Waals surface area contributed by atoms with Crippen LogP contribution in [0.2, 0.25) is 0 Å². The van der Waals surface area contributed by atoms with Gasteiger partial charge in [0.25, 0.3) is 0 Å². The molecule has 2 unspecified atom stereocenters. The molecule has 0 spiro atoms. The molecule has 1 saturated heterocycles. The van der Waals surface area contributed by atoms with Crippen LogP contribution in [0.4, 0.5) is 4.79 Å². The molecule has 2 atom stereocenters. The van der Waals surface area contributed by atoms with Gasteiger partial charge in [-0.2, -0.15) is 0 Å². The number of likely N-dealkylation sites (tertiary alicyclic amines) is 1. The monoisotopic (exact) mass is 242 g/mol. The molecule has 1 heterocycles. The highest BCUT2D eigenvalue weighted by Crippen LogP contribution is 2.24. The molecule has 1 rings (SSSR count). The number of nitrogens with zero attached hydrogens (tertiary/aromatic N) is 1. The van der Waals surface area contributed by atoms with Crippen molar-refractivity contribution in [3.63, 3.8) is 0 Å². The molecule has 0 bridgehead atoms. The summed E-state index contributed by atoms with van der Waals surface area (Å²) in [6.07, 6.45) is 1.05. The first-order valence-corrected chi connectivity index (χ1v) is 5.99. The third-order valence-corrected chi connectivity index (χ3v) is 2.82. The Hall–Kier alpha value is -1.26. The van der Waals surface area contributed by atoms with E-state index in [4.69, 9.17) is 10.5 Å². The molecule has 1 aliphatic rings. The van der Waals surface area contributed by atoms with Crippen LogP contribution in [-0.2, 0) is 9.53 Å². The van der Waals surface area contributed by atoms with Crippen LogP contribution in [0.15, 0.2) is 0 Å². The largest absolute Gasteiger partial charge is 0.444 e. The van der Waals surface area contributed by atoms with Crippen molar-refractivity contribution in [3.05, 3.63) is 0 Å². The minimum Gasteiger partial charge on any atom is -0.444 e. The van der Waals surface area contributed by atoms with Crippen molar-refractivity contribution in [3.8, 4) is 0 Å². The number of primary amides is 1. The predicted molar refractivity (Wildman–Crippen MR) is 64.3 cm³/mol. The van der Waals surface area contributed by atoms with E-state index in [1.807, 2.05) is 0 Å². The van der Waals surface area contributed by atoms with Gasteiger partial charge >= 0.3 is 6.09 Å².